The van der Waals surface area contributed by atoms with Gasteiger partial charge >= 0.3 is 0 Å². The van der Waals surface area contributed by atoms with Crippen LogP contribution in [0.3, 0.4) is 0 Å². The highest BCUT2D eigenvalue weighted by Gasteiger charge is 2.14. The van der Waals surface area contributed by atoms with E-state index in [-0.39, 0.29) is 23.8 Å². The number of aromatic nitrogens is 2. The van der Waals surface area contributed by atoms with Gasteiger partial charge in [-0.05, 0) is 24.3 Å². The van der Waals surface area contributed by atoms with Gasteiger partial charge in [-0.25, -0.2) is 13.1 Å². The molecule has 7 nitrogen and oxygen atoms in total. The molecule has 1 heterocycles. The summed E-state index contributed by atoms with van der Waals surface area (Å²) < 4.78 is 28.8. The lowest BCUT2D eigenvalue weighted by molar-refractivity contribution is -0.116. The molecule has 0 aliphatic rings. The van der Waals surface area contributed by atoms with Crippen molar-refractivity contribution in [1.82, 2.24) is 14.5 Å². The Kier molecular flexibility index (Phi) is 5.33. The molecule has 118 valence electrons. The molecule has 0 aliphatic heterocycles. The molecular weight excluding hydrogens is 372 g/mol. The second-order valence-corrected chi connectivity index (χ2v) is 7.21. The fourth-order valence-electron chi connectivity index (χ4n) is 1.68. The minimum atomic E-state index is -3.61. The average molecular weight is 387 g/mol. The first-order chi connectivity index (χ1) is 10.4. The Labute approximate surface area is 136 Å². The third-order valence-electron chi connectivity index (χ3n) is 2.75. The van der Waals surface area contributed by atoms with E-state index in [4.69, 9.17) is 0 Å². The fourth-order valence-corrected chi connectivity index (χ4v) is 2.98. The van der Waals surface area contributed by atoms with Crippen LogP contribution in [-0.4, -0.2) is 30.7 Å². The summed E-state index contributed by atoms with van der Waals surface area (Å²) in [4.78, 5) is 11.8. The zero-order valence-electron chi connectivity index (χ0n) is 11.8. The number of sulfonamides is 1. The molecular formula is C13H15BrN4O3S. The summed E-state index contributed by atoms with van der Waals surface area (Å²) in [6.07, 6.45) is 1.72. The zero-order chi connectivity index (χ0) is 16.2. The number of anilines is 1. The molecule has 22 heavy (non-hydrogen) atoms. The summed E-state index contributed by atoms with van der Waals surface area (Å²) in [6.45, 7) is 0.0110. The molecule has 0 fully saturated rings. The molecule has 1 aromatic heterocycles. The van der Waals surface area contributed by atoms with E-state index in [9.17, 15) is 13.2 Å². The van der Waals surface area contributed by atoms with Crippen LogP contribution in [0, 0.1) is 0 Å². The largest absolute Gasteiger partial charge is 0.309 e. The third kappa shape index (κ3) is 4.65. The highest BCUT2D eigenvalue weighted by Crippen LogP contribution is 2.14. The molecule has 0 radical (unpaired) electrons. The number of hydrogen-bond acceptors (Lipinski definition) is 4. The molecule has 2 N–H and O–H groups in total. The van der Waals surface area contributed by atoms with Gasteiger partial charge < -0.3 is 5.32 Å². The van der Waals surface area contributed by atoms with Crippen molar-refractivity contribution in [3.63, 3.8) is 0 Å². The van der Waals surface area contributed by atoms with Crippen molar-refractivity contribution in [3.05, 3.63) is 41.0 Å². The maximum atomic E-state index is 12.0. The van der Waals surface area contributed by atoms with Gasteiger partial charge in [-0.15, -0.1) is 0 Å². The van der Waals surface area contributed by atoms with Crippen molar-refractivity contribution in [2.75, 3.05) is 11.9 Å². The topological polar surface area (TPSA) is 93.1 Å². The summed E-state index contributed by atoms with van der Waals surface area (Å²) in [5.74, 6) is 0.125. The van der Waals surface area contributed by atoms with Gasteiger partial charge in [0.1, 0.15) is 0 Å². The summed E-state index contributed by atoms with van der Waals surface area (Å²) in [5.41, 5.74) is 0. The normalized spacial score (nSPS) is 11.4. The zero-order valence-corrected chi connectivity index (χ0v) is 14.2. The number of carbonyl (C=O) groups excluding carboxylic acids is 1. The second-order valence-electron chi connectivity index (χ2n) is 4.52. The Morgan fingerprint density at radius 3 is 2.55 bits per heavy atom. The number of nitrogens with zero attached hydrogens (tertiary/aromatic N) is 2. The second kappa shape index (κ2) is 7.03. The van der Waals surface area contributed by atoms with E-state index in [1.165, 1.54) is 12.1 Å². The SMILES string of the molecule is Cn1ccc(NC(=O)CCNS(=O)(=O)c2ccc(Br)cc2)n1. The Hall–Kier alpha value is -1.71. The van der Waals surface area contributed by atoms with Gasteiger partial charge in [0, 0.05) is 36.7 Å². The number of hydrogen-bond donors (Lipinski definition) is 2. The highest BCUT2D eigenvalue weighted by atomic mass is 79.9. The molecule has 0 bridgehead atoms. The summed E-state index contributed by atoms with van der Waals surface area (Å²) >= 11 is 3.24. The van der Waals surface area contributed by atoms with Crippen molar-refractivity contribution in [2.24, 2.45) is 7.05 Å². The van der Waals surface area contributed by atoms with Gasteiger partial charge in [-0.3, -0.25) is 9.48 Å². The van der Waals surface area contributed by atoms with E-state index >= 15 is 0 Å². The number of halogens is 1. The molecule has 0 spiro atoms. The van der Waals surface area contributed by atoms with Crippen molar-refractivity contribution in [3.8, 4) is 0 Å². The number of nitrogens with one attached hydrogen (secondary N) is 2. The smallest absolute Gasteiger partial charge is 0.240 e. The fraction of sp³-hybridized carbons (Fsp3) is 0.231. The molecule has 0 unspecified atom stereocenters. The summed E-state index contributed by atoms with van der Waals surface area (Å²) in [6, 6.07) is 7.91. The molecule has 2 rings (SSSR count). The summed E-state index contributed by atoms with van der Waals surface area (Å²) in [5, 5.41) is 6.59. The van der Waals surface area contributed by atoms with E-state index in [0.717, 1.165) is 4.47 Å². The minimum Gasteiger partial charge on any atom is -0.309 e. The van der Waals surface area contributed by atoms with Gasteiger partial charge in [0.2, 0.25) is 15.9 Å². The molecule has 0 atom stereocenters. The van der Waals surface area contributed by atoms with Gasteiger partial charge in [0.05, 0.1) is 4.90 Å². The van der Waals surface area contributed by atoms with Crippen LogP contribution in [-0.2, 0) is 21.9 Å². The van der Waals surface area contributed by atoms with Crippen LogP contribution in [0.25, 0.3) is 0 Å². The van der Waals surface area contributed by atoms with Crippen molar-refractivity contribution < 1.29 is 13.2 Å². The molecule has 9 heteroatoms. The van der Waals surface area contributed by atoms with E-state index in [0.29, 0.717) is 5.82 Å². The lowest BCUT2D eigenvalue weighted by Crippen LogP contribution is -2.27. The number of amides is 1. The lowest BCUT2D eigenvalue weighted by atomic mass is 10.4. The van der Waals surface area contributed by atoms with Crippen LogP contribution in [0.15, 0.2) is 45.9 Å². The van der Waals surface area contributed by atoms with E-state index in [2.05, 4.69) is 31.1 Å². The standard InChI is InChI=1S/C13H15BrN4O3S/c1-18-9-7-12(17-18)16-13(19)6-8-15-22(20,21)11-4-2-10(14)3-5-11/h2-5,7,9,15H,6,8H2,1H3,(H,16,17,19). The maximum Gasteiger partial charge on any atom is 0.240 e. The van der Waals surface area contributed by atoms with Gasteiger partial charge in [-0.1, -0.05) is 15.9 Å². The molecule has 0 saturated heterocycles. The molecule has 1 amide bonds. The summed E-state index contributed by atoms with van der Waals surface area (Å²) in [7, 11) is -1.87. The van der Waals surface area contributed by atoms with Crippen LogP contribution in [0.2, 0.25) is 0 Å². The number of aryl methyl sites for hydroxylation is 1. The van der Waals surface area contributed by atoms with E-state index < -0.39 is 10.0 Å². The van der Waals surface area contributed by atoms with Gasteiger partial charge in [0.25, 0.3) is 0 Å². The maximum absolute atomic E-state index is 12.0. The number of benzene rings is 1. The monoisotopic (exact) mass is 386 g/mol. The van der Waals surface area contributed by atoms with Crippen molar-refractivity contribution in [2.45, 2.75) is 11.3 Å². The Morgan fingerprint density at radius 1 is 1.27 bits per heavy atom. The predicted octanol–water partition coefficient (Wildman–Crippen LogP) is 1.49. The van der Waals surface area contributed by atoms with Crippen LogP contribution in [0.4, 0.5) is 5.82 Å². The first-order valence-electron chi connectivity index (χ1n) is 6.41. The first-order valence-corrected chi connectivity index (χ1v) is 8.69. The van der Waals surface area contributed by atoms with Crippen LogP contribution in [0.1, 0.15) is 6.42 Å². The van der Waals surface area contributed by atoms with Crippen molar-refractivity contribution >= 4 is 37.7 Å². The molecule has 2 aromatic rings. The quantitative estimate of drug-likeness (QED) is 0.786. The van der Waals surface area contributed by atoms with E-state index in [1.54, 1.807) is 36.1 Å². The van der Waals surface area contributed by atoms with Crippen LogP contribution >= 0.6 is 15.9 Å². The Morgan fingerprint density at radius 2 is 1.95 bits per heavy atom. The number of rotatable bonds is 6. The lowest BCUT2D eigenvalue weighted by Gasteiger charge is -2.06. The molecule has 0 aliphatic carbocycles. The van der Waals surface area contributed by atoms with Crippen LogP contribution < -0.4 is 10.0 Å². The minimum absolute atomic E-state index is 0.0110. The third-order valence-corrected chi connectivity index (χ3v) is 4.75. The van der Waals surface area contributed by atoms with Crippen molar-refractivity contribution in [1.29, 1.82) is 0 Å². The molecule has 1 aromatic carbocycles. The van der Waals surface area contributed by atoms with Gasteiger partial charge in [-0.2, -0.15) is 5.10 Å². The Balaban J connectivity index is 1.84. The van der Waals surface area contributed by atoms with Gasteiger partial charge in [0.15, 0.2) is 5.82 Å². The highest BCUT2D eigenvalue weighted by molar-refractivity contribution is 9.10. The van der Waals surface area contributed by atoms with E-state index in [1.807, 2.05) is 0 Å². The average Bonchev–Trinajstić information content (AvgIpc) is 2.84. The van der Waals surface area contributed by atoms with Crippen LogP contribution in [0.5, 0.6) is 0 Å². The number of carbonyl (C=O) groups is 1. The molecule has 0 saturated carbocycles. The first kappa shape index (κ1) is 16.7. The predicted molar refractivity (Wildman–Crippen MR) is 85.8 cm³/mol. The Bertz CT molecular complexity index is 756.